The van der Waals surface area contributed by atoms with Crippen LogP contribution in [0, 0.1) is 6.92 Å². The van der Waals surface area contributed by atoms with Gasteiger partial charge in [-0.1, -0.05) is 24.3 Å². The van der Waals surface area contributed by atoms with Crippen LogP contribution in [0.4, 0.5) is 0 Å². The number of nitrogens with zero attached hydrogens (tertiary/aromatic N) is 2. The molecule has 3 aromatic rings. The molecular weight excluding hydrogens is 334 g/mol. The summed E-state index contributed by atoms with van der Waals surface area (Å²) < 4.78 is 2.14. The van der Waals surface area contributed by atoms with Gasteiger partial charge in [0.1, 0.15) is 0 Å². The minimum Gasteiger partial charge on any atom is -0.366 e. The van der Waals surface area contributed by atoms with Gasteiger partial charge in [-0.05, 0) is 73.6 Å². The van der Waals surface area contributed by atoms with Crippen molar-refractivity contribution in [3.8, 4) is 16.8 Å². The van der Waals surface area contributed by atoms with Crippen molar-refractivity contribution in [2.24, 2.45) is 5.73 Å². The Hall–Kier alpha value is -2.88. The van der Waals surface area contributed by atoms with Crippen LogP contribution in [0.25, 0.3) is 16.8 Å². The number of nitrogens with two attached hydrogens (primary N) is 1. The molecule has 0 spiro atoms. The molecule has 0 aliphatic heterocycles. The lowest BCUT2D eigenvalue weighted by Gasteiger charge is -2.11. The summed E-state index contributed by atoms with van der Waals surface area (Å²) in [4.78, 5) is 11.6. The van der Waals surface area contributed by atoms with Crippen LogP contribution in [-0.4, -0.2) is 15.7 Å². The van der Waals surface area contributed by atoms with Gasteiger partial charge in [0.15, 0.2) is 0 Å². The van der Waals surface area contributed by atoms with Crippen molar-refractivity contribution in [3.05, 3.63) is 71.0 Å². The Bertz CT molecular complexity index is 1020. The first-order chi connectivity index (χ1) is 13.1. The van der Waals surface area contributed by atoms with Crippen molar-refractivity contribution in [1.82, 2.24) is 9.78 Å². The van der Waals surface area contributed by atoms with Crippen molar-refractivity contribution in [1.29, 1.82) is 0 Å². The van der Waals surface area contributed by atoms with Gasteiger partial charge in [0.05, 0.1) is 11.4 Å². The van der Waals surface area contributed by atoms with Gasteiger partial charge in [0, 0.05) is 23.1 Å². The zero-order valence-corrected chi connectivity index (χ0v) is 15.5. The van der Waals surface area contributed by atoms with Gasteiger partial charge in [-0.25, -0.2) is 4.68 Å². The Morgan fingerprint density at radius 2 is 1.74 bits per heavy atom. The van der Waals surface area contributed by atoms with E-state index in [1.165, 1.54) is 37.1 Å². The lowest BCUT2D eigenvalue weighted by atomic mass is 9.96. The summed E-state index contributed by atoms with van der Waals surface area (Å²) in [7, 11) is 0. The van der Waals surface area contributed by atoms with E-state index in [9.17, 15) is 4.79 Å². The molecule has 2 aromatic carbocycles. The number of rotatable bonds is 5. The quantitative estimate of drug-likeness (QED) is 0.719. The maximum absolute atomic E-state index is 11.6. The van der Waals surface area contributed by atoms with E-state index in [4.69, 9.17) is 10.8 Å². The fourth-order valence-electron chi connectivity index (χ4n) is 3.87. The van der Waals surface area contributed by atoms with Gasteiger partial charge in [0.2, 0.25) is 5.91 Å². The number of hydrogen-bond acceptors (Lipinski definition) is 2. The van der Waals surface area contributed by atoms with E-state index in [1.807, 2.05) is 19.1 Å². The molecule has 1 amide bonds. The molecule has 0 bridgehead atoms. The molecule has 5 rings (SSSR count). The number of primary amides is 1. The van der Waals surface area contributed by atoms with Crippen LogP contribution in [0.3, 0.4) is 0 Å². The Balaban J connectivity index is 1.51. The minimum absolute atomic E-state index is 0.385. The number of amides is 1. The summed E-state index contributed by atoms with van der Waals surface area (Å²) in [6, 6.07) is 16.5. The van der Waals surface area contributed by atoms with Gasteiger partial charge in [0.25, 0.3) is 0 Å². The number of carbonyl (C=O) groups is 1. The normalized spacial score (nSPS) is 16.5. The Morgan fingerprint density at radius 3 is 2.37 bits per heavy atom. The second kappa shape index (κ2) is 6.08. The van der Waals surface area contributed by atoms with Crippen molar-refractivity contribution in [2.45, 2.75) is 44.4 Å². The van der Waals surface area contributed by atoms with Gasteiger partial charge >= 0.3 is 0 Å². The van der Waals surface area contributed by atoms with E-state index in [-0.39, 0.29) is 5.91 Å². The van der Waals surface area contributed by atoms with Crippen molar-refractivity contribution in [2.75, 3.05) is 0 Å². The van der Waals surface area contributed by atoms with Gasteiger partial charge in [-0.15, -0.1) is 0 Å². The molecule has 2 fully saturated rings. The number of hydrogen-bond donors (Lipinski definition) is 1. The summed E-state index contributed by atoms with van der Waals surface area (Å²) in [6.07, 6.45) is 5.09. The van der Waals surface area contributed by atoms with E-state index in [2.05, 4.69) is 35.0 Å². The molecule has 2 saturated carbocycles. The molecule has 0 unspecified atom stereocenters. The first kappa shape index (κ1) is 16.3. The zero-order valence-electron chi connectivity index (χ0n) is 15.5. The van der Waals surface area contributed by atoms with E-state index in [1.54, 1.807) is 6.07 Å². The SMILES string of the molecule is Cc1c(C(N)=O)cccc1-c1ccc(-n2nc(C3CC3)cc2C2CC2)cc1. The van der Waals surface area contributed by atoms with E-state index in [0.29, 0.717) is 17.4 Å². The lowest BCUT2D eigenvalue weighted by molar-refractivity contribution is 0.1000. The second-order valence-corrected chi connectivity index (χ2v) is 7.84. The van der Waals surface area contributed by atoms with Crippen LogP contribution in [-0.2, 0) is 0 Å². The highest BCUT2D eigenvalue weighted by Crippen LogP contribution is 2.45. The molecule has 136 valence electrons. The predicted octanol–water partition coefficient (Wildman–Crippen LogP) is 4.70. The summed E-state index contributed by atoms with van der Waals surface area (Å²) in [5, 5.41) is 4.92. The van der Waals surface area contributed by atoms with E-state index < -0.39 is 0 Å². The molecule has 1 heterocycles. The van der Waals surface area contributed by atoms with Crippen molar-refractivity contribution < 1.29 is 4.79 Å². The zero-order chi connectivity index (χ0) is 18.5. The van der Waals surface area contributed by atoms with Crippen LogP contribution in [0.1, 0.15) is 64.8 Å². The third-order valence-electron chi connectivity index (χ3n) is 5.77. The number of aromatic nitrogens is 2. The maximum Gasteiger partial charge on any atom is 0.248 e. The predicted molar refractivity (Wildman–Crippen MR) is 106 cm³/mol. The van der Waals surface area contributed by atoms with Crippen molar-refractivity contribution in [3.63, 3.8) is 0 Å². The van der Waals surface area contributed by atoms with Crippen LogP contribution >= 0.6 is 0 Å². The largest absolute Gasteiger partial charge is 0.366 e. The van der Waals surface area contributed by atoms with Crippen LogP contribution in [0.15, 0.2) is 48.5 Å². The molecule has 2 aliphatic carbocycles. The molecule has 27 heavy (non-hydrogen) atoms. The molecule has 0 radical (unpaired) electrons. The molecule has 1 aromatic heterocycles. The monoisotopic (exact) mass is 357 g/mol. The fraction of sp³-hybridized carbons (Fsp3) is 0.304. The first-order valence-electron chi connectivity index (χ1n) is 9.72. The third kappa shape index (κ3) is 2.95. The third-order valence-corrected chi connectivity index (χ3v) is 5.77. The average Bonchev–Trinajstić information content (AvgIpc) is 3.60. The molecule has 4 heteroatoms. The highest BCUT2D eigenvalue weighted by molar-refractivity contribution is 5.96. The second-order valence-electron chi connectivity index (χ2n) is 7.84. The molecule has 4 nitrogen and oxygen atoms in total. The molecule has 2 N–H and O–H groups in total. The van der Waals surface area contributed by atoms with Crippen LogP contribution in [0.5, 0.6) is 0 Å². The van der Waals surface area contributed by atoms with Gasteiger partial charge in [-0.3, -0.25) is 4.79 Å². The Kier molecular flexibility index (Phi) is 3.67. The highest BCUT2D eigenvalue weighted by atomic mass is 16.1. The molecule has 0 atom stereocenters. The molecule has 2 aliphatic rings. The van der Waals surface area contributed by atoms with Crippen LogP contribution in [0.2, 0.25) is 0 Å². The van der Waals surface area contributed by atoms with E-state index in [0.717, 1.165) is 22.4 Å². The summed E-state index contributed by atoms with van der Waals surface area (Å²) in [5.74, 6) is 0.950. The Morgan fingerprint density at radius 1 is 1.04 bits per heavy atom. The Labute approximate surface area is 159 Å². The van der Waals surface area contributed by atoms with Gasteiger partial charge in [-0.2, -0.15) is 5.10 Å². The summed E-state index contributed by atoms with van der Waals surface area (Å²) in [6.45, 7) is 1.95. The fourth-order valence-corrected chi connectivity index (χ4v) is 3.87. The average molecular weight is 357 g/mol. The van der Waals surface area contributed by atoms with Crippen molar-refractivity contribution >= 4 is 5.91 Å². The minimum atomic E-state index is -0.385. The van der Waals surface area contributed by atoms with Gasteiger partial charge < -0.3 is 5.73 Å². The first-order valence-corrected chi connectivity index (χ1v) is 9.72. The van der Waals surface area contributed by atoms with E-state index >= 15 is 0 Å². The highest BCUT2D eigenvalue weighted by Gasteiger charge is 2.32. The lowest BCUT2D eigenvalue weighted by Crippen LogP contribution is -2.12. The summed E-state index contributed by atoms with van der Waals surface area (Å²) in [5.41, 5.74) is 12.8. The molecular formula is C23H23N3O. The molecule has 0 saturated heterocycles. The maximum atomic E-state index is 11.6. The summed E-state index contributed by atoms with van der Waals surface area (Å²) >= 11 is 0. The topological polar surface area (TPSA) is 60.9 Å². The standard InChI is InChI=1S/C23H23N3O/c1-14-19(3-2-4-20(14)23(24)27)15-9-11-18(12-10-15)26-22(17-7-8-17)13-21(25-26)16-5-6-16/h2-4,9-13,16-17H,5-8H2,1H3,(H2,24,27). The number of carbonyl (C=O) groups excluding carboxylic acids is 1. The van der Waals surface area contributed by atoms with Crippen LogP contribution < -0.4 is 5.73 Å². The number of benzene rings is 2. The smallest absolute Gasteiger partial charge is 0.248 e.